The molecule has 2 rings (SSSR count). The minimum Gasteiger partial charge on any atom is -0.245 e. The quantitative estimate of drug-likeness (QED) is 0.920. The Morgan fingerprint density at radius 2 is 2.16 bits per heavy atom. The van der Waals surface area contributed by atoms with Crippen LogP contribution in [-0.2, 0) is 10.0 Å². The molecule has 19 heavy (non-hydrogen) atoms. The Hall–Kier alpha value is -1.41. The van der Waals surface area contributed by atoms with E-state index in [2.05, 4.69) is 31.1 Å². The van der Waals surface area contributed by atoms with Crippen LogP contribution in [-0.4, -0.2) is 30.1 Å². The molecule has 0 aliphatic rings. The van der Waals surface area contributed by atoms with Gasteiger partial charge in [-0.1, -0.05) is 6.07 Å². The van der Waals surface area contributed by atoms with Gasteiger partial charge >= 0.3 is 0 Å². The largest absolute Gasteiger partial charge is 0.267 e. The molecule has 0 saturated heterocycles. The molecule has 0 atom stereocenters. The van der Waals surface area contributed by atoms with Gasteiger partial charge in [-0.2, -0.15) is 10.1 Å². The molecule has 0 aliphatic carbocycles. The molecular weight excluding hydrogens is 332 g/mol. The summed E-state index contributed by atoms with van der Waals surface area (Å²) in [5, 5.41) is 6.25. The highest BCUT2D eigenvalue weighted by molar-refractivity contribution is 9.10. The summed E-state index contributed by atoms with van der Waals surface area (Å²) in [6.45, 7) is 3.90. The number of nitrogens with zero attached hydrogens (tertiary/aromatic N) is 3. The number of hydrogen-bond acceptors (Lipinski definition) is 4. The predicted octanol–water partition coefficient (Wildman–Crippen LogP) is 2.09. The second-order valence-electron chi connectivity index (χ2n) is 3.91. The van der Waals surface area contributed by atoms with Gasteiger partial charge in [-0.25, -0.2) is 17.8 Å². The summed E-state index contributed by atoms with van der Waals surface area (Å²) >= 11 is 3.29. The van der Waals surface area contributed by atoms with Crippen LogP contribution >= 0.6 is 15.9 Å². The predicted molar refractivity (Wildman–Crippen MR) is 75.5 cm³/mol. The van der Waals surface area contributed by atoms with Crippen molar-refractivity contribution < 1.29 is 8.42 Å². The Balaban J connectivity index is 2.52. The molecule has 1 aromatic carbocycles. The van der Waals surface area contributed by atoms with E-state index in [0.29, 0.717) is 4.47 Å². The maximum Gasteiger partial charge on any atom is 0.267 e. The molecule has 0 spiro atoms. The van der Waals surface area contributed by atoms with Gasteiger partial charge in [0, 0.05) is 11.0 Å². The Kier molecular flexibility index (Phi) is 3.91. The molecule has 1 aromatic heterocycles. The monoisotopic (exact) mass is 344 g/mol. The van der Waals surface area contributed by atoms with Gasteiger partial charge < -0.3 is 0 Å². The van der Waals surface area contributed by atoms with Crippen LogP contribution in [0.1, 0.15) is 12.5 Å². The molecule has 6 nitrogen and oxygen atoms in total. The van der Waals surface area contributed by atoms with Crippen molar-refractivity contribution in [3.63, 3.8) is 0 Å². The van der Waals surface area contributed by atoms with Gasteiger partial charge in [-0.15, -0.1) is 0 Å². The number of halogens is 1. The molecule has 1 heterocycles. The van der Waals surface area contributed by atoms with E-state index in [4.69, 9.17) is 0 Å². The number of aryl methyl sites for hydroxylation is 1. The molecule has 8 heteroatoms. The number of aromatic nitrogens is 3. The van der Waals surface area contributed by atoms with Crippen molar-refractivity contribution in [2.45, 2.75) is 18.7 Å². The SMILES string of the molecule is CCN(c1ncn[nH]1)S(=O)(=O)c1ccc(C)cc1Br. The van der Waals surface area contributed by atoms with Crippen molar-refractivity contribution in [3.8, 4) is 0 Å². The van der Waals surface area contributed by atoms with Crippen LogP contribution in [0.25, 0.3) is 0 Å². The Morgan fingerprint density at radius 1 is 1.42 bits per heavy atom. The van der Waals surface area contributed by atoms with Crippen LogP contribution in [0, 0.1) is 6.92 Å². The van der Waals surface area contributed by atoms with Crippen molar-refractivity contribution in [2.75, 3.05) is 10.8 Å². The average molecular weight is 345 g/mol. The smallest absolute Gasteiger partial charge is 0.245 e. The lowest BCUT2D eigenvalue weighted by Crippen LogP contribution is -2.32. The third kappa shape index (κ3) is 2.64. The molecular formula is C11H13BrN4O2S. The summed E-state index contributed by atoms with van der Waals surface area (Å²) in [4.78, 5) is 4.10. The summed E-state index contributed by atoms with van der Waals surface area (Å²) < 4.78 is 26.9. The van der Waals surface area contributed by atoms with E-state index in [1.165, 1.54) is 10.6 Å². The molecule has 0 saturated carbocycles. The van der Waals surface area contributed by atoms with Crippen LogP contribution in [0.4, 0.5) is 5.95 Å². The Morgan fingerprint density at radius 3 is 2.68 bits per heavy atom. The van der Waals surface area contributed by atoms with Crippen LogP contribution in [0.3, 0.4) is 0 Å². The van der Waals surface area contributed by atoms with Gasteiger partial charge in [-0.3, -0.25) is 0 Å². The van der Waals surface area contributed by atoms with Gasteiger partial charge in [0.2, 0.25) is 5.95 Å². The maximum absolute atomic E-state index is 12.6. The number of aromatic amines is 1. The first-order valence-corrected chi connectivity index (χ1v) is 7.84. The fourth-order valence-electron chi connectivity index (χ4n) is 1.69. The normalized spacial score (nSPS) is 11.5. The first kappa shape index (κ1) is 14.0. The number of nitrogens with one attached hydrogen (secondary N) is 1. The molecule has 1 N–H and O–H groups in total. The van der Waals surface area contributed by atoms with E-state index in [-0.39, 0.29) is 17.4 Å². The Labute approximate surface area is 120 Å². The van der Waals surface area contributed by atoms with Crippen molar-refractivity contribution in [2.24, 2.45) is 0 Å². The number of anilines is 1. The Bertz CT molecular complexity index is 670. The van der Waals surface area contributed by atoms with Crippen LogP contribution < -0.4 is 4.31 Å². The summed E-state index contributed by atoms with van der Waals surface area (Å²) in [6, 6.07) is 5.10. The van der Waals surface area contributed by atoms with E-state index < -0.39 is 10.0 Å². The van der Waals surface area contributed by atoms with Gasteiger partial charge in [-0.05, 0) is 47.5 Å². The van der Waals surface area contributed by atoms with Crippen LogP contribution in [0.2, 0.25) is 0 Å². The van der Waals surface area contributed by atoms with Crippen molar-refractivity contribution in [1.82, 2.24) is 15.2 Å². The number of hydrogen-bond donors (Lipinski definition) is 1. The molecule has 0 aliphatic heterocycles. The number of sulfonamides is 1. The fourth-order valence-corrected chi connectivity index (χ4v) is 4.23. The van der Waals surface area contributed by atoms with E-state index in [1.54, 1.807) is 25.1 Å². The molecule has 0 radical (unpaired) electrons. The van der Waals surface area contributed by atoms with Crippen LogP contribution in [0.5, 0.6) is 0 Å². The average Bonchev–Trinajstić information content (AvgIpc) is 2.82. The van der Waals surface area contributed by atoms with Gasteiger partial charge in [0.25, 0.3) is 10.0 Å². The molecule has 0 fully saturated rings. The lowest BCUT2D eigenvalue weighted by Gasteiger charge is -2.20. The van der Waals surface area contributed by atoms with Gasteiger partial charge in [0.15, 0.2) is 0 Å². The topological polar surface area (TPSA) is 79.0 Å². The molecule has 0 unspecified atom stereocenters. The first-order valence-electron chi connectivity index (χ1n) is 5.61. The number of H-pyrrole nitrogens is 1. The second-order valence-corrected chi connectivity index (χ2v) is 6.60. The first-order chi connectivity index (χ1) is 8.96. The highest BCUT2D eigenvalue weighted by Crippen LogP contribution is 2.27. The van der Waals surface area contributed by atoms with Crippen molar-refractivity contribution in [1.29, 1.82) is 0 Å². The van der Waals surface area contributed by atoms with Crippen LogP contribution in [0.15, 0.2) is 33.9 Å². The molecule has 102 valence electrons. The van der Waals surface area contributed by atoms with E-state index >= 15 is 0 Å². The zero-order chi connectivity index (χ0) is 14.0. The van der Waals surface area contributed by atoms with E-state index in [0.717, 1.165) is 5.56 Å². The third-order valence-corrected chi connectivity index (χ3v) is 5.42. The van der Waals surface area contributed by atoms with Crippen molar-refractivity contribution in [3.05, 3.63) is 34.6 Å². The van der Waals surface area contributed by atoms with Gasteiger partial charge in [0.1, 0.15) is 11.2 Å². The minimum absolute atomic E-state index is 0.204. The third-order valence-electron chi connectivity index (χ3n) is 2.58. The highest BCUT2D eigenvalue weighted by Gasteiger charge is 2.27. The fraction of sp³-hybridized carbons (Fsp3) is 0.273. The number of rotatable bonds is 4. The zero-order valence-corrected chi connectivity index (χ0v) is 12.9. The second kappa shape index (κ2) is 5.30. The lowest BCUT2D eigenvalue weighted by atomic mass is 10.2. The van der Waals surface area contributed by atoms with Crippen molar-refractivity contribution >= 4 is 31.9 Å². The minimum atomic E-state index is -3.67. The zero-order valence-electron chi connectivity index (χ0n) is 10.5. The van der Waals surface area contributed by atoms with Gasteiger partial charge in [0.05, 0.1) is 0 Å². The van der Waals surface area contributed by atoms with E-state index in [1.807, 2.05) is 6.92 Å². The summed E-state index contributed by atoms with van der Waals surface area (Å²) in [5.74, 6) is 0.204. The standard InChI is InChI=1S/C11H13BrN4O2S/c1-3-16(11-13-7-14-15-11)19(17,18)10-5-4-8(2)6-9(10)12/h4-7H,3H2,1-2H3,(H,13,14,15). The molecule has 0 amide bonds. The van der Waals surface area contributed by atoms with E-state index in [9.17, 15) is 8.42 Å². The highest BCUT2D eigenvalue weighted by atomic mass is 79.9. The summed E-state index contributed by atoms with van der Waals surface area (Å²) in [6.07, 6.45) is 1.28. The lowest BCUT2D eigenvalue weighted by molar-refractivity contribution is 0.590. The maximum atomic E-state index is 12.6. The summed E-state index contributed by atoms with van der Waals surface area (Å²) in [5.41, 5.74) is 0.980. The molecule has 2 aromatic rings. The summed E-state index contributed by atoms with van der Waals surface area (Å²) in [7, 11) is -3.67. The number of benzene rings is 1. The molecule has 0 bridgehead atoms.